The first kappa shape index (κ1) is 9.99. The third kappa shape index (κ3) is 1.98. The van der Waals surface area contributed by atoms with Gasteiger partial charge < -0.3 is 4.42 Å². The number of carbonyl (C=O) groups excluding carboxylic acids is 1. The van der Waals surface area contributed by atoms with Gasteiger partial charge in [-0.2, -0.15) is 0 Å². The summed E-state index contributed by atoms with van der Waals surface area (Å²) in [6.07, 6.45) is 3.19. The predicted octanol–water partition coefficient (Wildman–Crippen LogP) is 3.14. The third-order valence-electron chi connectivity index (χ3n) is 1.59. The Balaban J connectivity index is 3.13. The summed E-state index contributed by atoms with van der Waals surface area (Å²) in [4.78, 5) is 11.2. The maximum atomic E-state index is 11.2. The molecule has 0 aliphatic heterocycles. The summed E-state index contributed by atoms with van der Waals surface area (Å²) in [7, 11) is 0. The summed E-state index contributed by atoms with van der Waals surface area (Å²) in [5.74, 6) is 0.831. The Morgan fingerprint density at radius 1 is 1.54 bits per heavy atom. The largest absolute Gasteiger partial charge is 0.453 e. The number of hydrogen-bond acceptors (Lipinski definition) is 2. The van der Waals surface area contributed by atoms with E-state index in [4.69, 9.17) is 4.42 Å². The highest BCUT2D eigenvalue weighted by Crippen LogP contribution is 2.18. The van der Waals surface area contributed by atoms with Crippen LogP contribution in [-0.4, -0.2) is 11.1 Å². The second-order valence-electron chi connectivity index (χ2n) is 2.40. The lowest BCUT2D eigenvalue weighted by Gasteiger charge is -1.88. The van der Waals surface area contributed by atoms with Gasteiger partial charge in [0.05, 0.1) is 5.33 Å². The molecule has 0 radical (unpaired) electrons. The van der Waals surface area contributed by atoms with E-state index in [2.05, 4.69) is 29.1 Å². The summed E-state index contributed by atoms with van der Waals surface area (Å²) < 4.78 is 5.24. The van der Waals surface area contributed by atoms with Gasteiger partial charge in [-0.05, 0) is 12.1 Å². The van der Waals surface area contributed by atoms with Gasteiger partial charge in [0.15, 0.2) is 5.76 Å². The topological polar surface area (TPSA) is 30.2 Å². The molecule has 13 heavy (non-hydrogen) atoms. The van der Waals surface area contributed by atoms with Crippen LogP contribution in [0.3, 0.4) is 0 Å². The van der Waals surface area contributed by atoms with Gasteiger partial charge >= 0.3 is 0 Å². The first-order valence-electron chi connectivity index (χ1n) is 3.70. The van der Waals surface area contributed by atoms with Crippen LogP contribution in [0.4, 0.5) is 0 Å². The highest BCUT2D eigenvalue weighted by Gasteiger charge is 2.11. The molecule has 0 N–H and O–H groups in total. The predicted molar refractivity (Wildman–Crippen MR) is 57.0 cm³/mol. The van der Waals surface area contributed by atoms with Crippen molar-refractivity contribution in [2.75, 3.05) is 5.33 Å². The van der Waals surface area contributed by atoms with Crippen LogP contribution >= 0.6 is 15.9 Å². The van der Waals surface area contributed by atoms with E-state index in [1.165, 1.54) is 0 Å². The zero-order valence-corrected chi connectivity index (χ0v) is 8.63. The SMILES string of the molecule is C=Cc1cc(C(=O)CBr)oc1C=C. The van der Waals surface area contributed by atoms with Crippen molar-refractivity contribution >= 4 is 33.9 Å². The monoisotopic (exact) mass is 240 g/mol. The van der Waals surface area contributed by atoms with Crippen LogP contribution in [-0.2, 0) is 0 Å². The van der Waals surface area contributed by atoms with Gasteiger partial charge in [0, 0.05) is 5.56 Å². The highest BCUT2D eigenvalue weighted by molar-refractivity contribution is 9.09. The molecule has 0 aliphatic rings. The van der Waals surface area contributed by atoms with Crippen molar-refractivity contribution in [2.45, 2.75) is 0 Å². The molecule has 0 aliphatic carbocycles. The van der Waals surface area contributed by atoms with Crippen molar-refractivity contribution in [2.24, 2.45) is 0 Å². The number of Topliss-reactive ketones (excluding diaryl/α,β-unsaturated/α-hetero) is 1. The normalized spacial score (nSPS) is 9.62. The first-order valence-corrected chi connectivity index (χ1v) is 4.83. The minimum atomic E-state index is -0.0869. The minimum absolute atomic E-state index is 0.0869. The number of halogens is 1. The molecule has 2 nitrogen and oxygen atoms in total. The van der Waals surface area contributed by atoms with E-state index in [0.717, 1.165) is 5.56 Å². The molecule has 0 bridgehead atoms. The van der Waals surface area contributed by atoms with Crippen LogP contribution in [0, 0.1) is 0 Å². The average molecular weight is 241 g/mol. The van der Waals surface area contributed by atoms with Crippen LogP contribution < -0.4 is 0 Å². The lowest BCUT2D eigenvalue weighted by atomic mass is 10.2. The van der Waals surface area contributed by atoms with E-state index in [9.17, 15) is 4.79 Å². The Hall–Kier alpha value is -1.09. The van der Waals surface area contributed by atoms with Gasteiger partial charge in [0.1, 0.15) is 5.76 Å². The maximum absolute atomic E-state index is 11.2. The fraction of sp³-hybridized carbons (Fsp3) is 0.100. The quantitative estimate of drug-likeness (QED) is 0.598. The molecule has 0 atom stereocenters. The molecule has 0 unspecified atom stereocenters. The second kappa shape index (κ2) is 4.23. The van der Waals surface area contributed by atoms with Crippen molar-refractivity contribution in [3.8, 4) is 0 Å². The first-order chi connectivity index (χ1) is 6.22. The molecule has 0 saturated heterocycles. The van der Waals surface area contributed by atoms with Crippen molar-refractivity contribution in [1.29, 1.82) is 0 Å². The standard InChI is InChI=1S/C10H9BrO2/c1-3-7-5-10(8(12)6-11)13-9(7)4-2/h3-5H,1-2,6H2. The van der Waals surface area contributed by atoms with E-state index in [1.807, 2.05) is 0 Å². The summed E-state index contributed by atoms with van der Waals surface area (Å²) in [6, 6.07) is 1.66. The van der Waals surface area contributed by atoms with Crippen molar-refractivity contribution in [3.05, 3.63) is 36.3 Å². The third-order valence-corrected chi connectivity index (χ3v) is 2.10. The average Bonchev–Trinajstić information content (AvgIpc) is 2.59. The Morgan fingerprint density at radius 3 is 2.62 bits per heavy atom. The summed E-state index contributed by atoms with van der Waals surface area (Å²) in [5.41, 5.74) is 0.791. The maximum Gasteiger partial charge on any atom is 0.208 e. The summed E-state index contributed by atoms with van der Waals surface area (Å²) in [6.45, 7) is 7.18. The fourth-order valence-electron chi connectivity index (χ4n) is 0.942. The van der Waals surface area contributed by atoms with E-state index in [0.29, 0.717) is 11.5 Å². The Bertz CT molecular complexity index is 324. The lowest BCUT2D eigenvalue weighted by molar-refractivity contribution is 0.0993. The van der Waals surface area contributed by atoms with Gasteiger partial charge in [0.25, 0.3) is 0 Å². The van der Waals surface area contributed by atoms with Gasteiger partial charge in [-0.1, -0.05) is 35.2 Å². The molecule has 1 aromatic rings. The van der Waals surface area contributed by atoms with Crippen molar-refractivity contribution in [3.63, 3.8) is 0 Å². The molecule has 3 heteroatoms. The molecule has 0 saturated carbocycles. The number of rotatable bonds is 4. The van der Waals surface area contributed by atoms with E-state index in [1.54, 1.807) is 18.2 Å². The van der Waals surface area contributed by atoms with Crippen LogP contribution in [0.15, 0.2) is 23.6 Å². The number of hydrogen-bond donors (Lipinski definition) is 0. The zero-order valence-electron chi connectivity index (χ0n) is 7.05. The second-order valence-corrected chi connectivity index (χ2v) is 2.96. The molecule has 0 fully saturated rings. The smallest absolute Gasteiger partial charge is 0.208 e. The zero-order chi connectivity index (χ0) is 9.84. The van der Waals surface area contributed by atoms with Gasteiger partial charge in [-0.15, -0.1) is 0 Å². The molecule has 1 heterocycles. The number of alkyl halides is 1. The Labute approximate surface area is 85.1 Å². The minimum Gasteiger partial charge on any atom is -0.453 e. The number of furan rings is 1. The van der Waals surface area contributed by atoms with Crippen LogP contribution in [0.1, 0.15) is 21.9 Å². The summed E-state index contributed by atoms with van der Waals surface area (Å²) >= 11 is 3.07. The fourth-order valence-corrected chi connectivity index (χ4v) is 1.22. The van der Waals surface area contributed by atoms with E-state index in [-0.39, 0.29) is 11.1 Å². The highest BCUT2D eigenvalue weighted by atomic mass is 79.9. The van der Waals surface area contributed by atoms with Crippen molar-refractivity contribution < 1.29 is 9.21 Å². The number of carbonyl (C=O) groups is 1. The Morgan fingerprint density at radius 2 is 2.23 bits per heavy atom. The molecule has 1 rings (SSSR count). The molecule has 1 aromatic heterocycles. The van der Waals surface area contributed by atoms with Gasteiger partial charge in [-0.25, -0.2) is 0 Å². The molecule has 0 spiro atoms. The Kier molecular flexibility index (Phi) is 3.25. The molecular weight excluding hydrogens is 232 g/mol. The molecule has 68 valence electrons. The van der Waals surface area contributed by atoms with Crippen LogP contribution in [0.2, 0.25) is 0 Å². The molecular formula is C10H9BrO2. The lowest BCUT2D eigenvalue weighted by Crippen LogP contribution is -1.96. The van der Waals surface area contributed by atoms with E-state index >= 15 is 0 Å². The molecule has 0 aromatic carbocycles. The van der Waals surface area contributed by atoms with Gasteiger partial charge in [0.2, 0.25) is 5.78 Å². The summed E-state index contributed by atoms with van der Waals surface area (Å²) in [5, 5.41) is 0.258. The van der Waals surface area contributed by atoms with Crippen LogP contribution in [0.5, 0.6) is 0 Å². The van der Waals surface area contributed by atoms with E-state index < -0.39 is 0 Å². The van der Waals surface area contributed by atoms with Crippen LogP contribution in [0.25, 0.3) is 12.2 Å². The molecule has 0 amide bonds. The van der Waals surface area contributed by atoms with Crippen molar-refractivity contribution in [1.82, 2.24) is 0 Å². The van der Waals surface area contributed by atoms with Gasteiger partial charge in [-0.3, -0.25) is 4.79 Å². The number of ketones is 1.